The molecule has 2 fully saturated rings. The molecule has 2 aliphatic heterocycles. The van der Waals surface area contributed by atoms with Gasteiger partial charge in [0.15, 0.2) is 0 Å². The molecule has 0 aliphatic carbocycles. The van der Waals surface area contributed by atoms with Crippen molar-refractivity contribution >= 4 is 21.8 Å². The summed E-state index contributed by atoms with van der Waals surface area (Å²) in [6.45, 7) is 2.80. The van der Waals surface area contributed by atoms with Crippen molar-refractivity contribution in [1.82, 2.24) is 13.5 Å². The van der Waals surface area contributed by atoms with Gasteiger partial charge in [0.2, 0.25) is 0 Å². The minimum Gasteiger partial charge on any atom is -0.378 e. The molecule has 0 spiro atoms. The molecule has 2 heterocycles. The summed E-state index contributed by atoms with van der Waals surface area (Å²) in [6.07, 6.45) is 4.06. The third-order valence-corrected chi connectivity index (χ3v) is 7.39. The molecule has 2 saturated heterocycles. The molecule has 0 aromatic heterocycles. The largest absolute Gasteiger partial charge is 0.378 e. The molecule has 7 nitrogen and oxygen atoms in total. The molecular weight excluding hydrogens is 364 g/mol. The van der Waals surface area contributed by atoms with Gasteiger partial charge in [0, 0.05) is 64.6 Å². The van der Waals surface area contributed by atoms with Crippen LogP contribution in [-0.4, -0.2) is 81.2 Å². The van der Waals surface area contributed by atoms with Gasteiger partial charge in [0.05, 0.1) is 0 Å². The van der Waals surface area contributed by atoms with E-state index in [1.807, 2.05) is 43.3 Å². The fourth-order valence-electron chi connectivity index (χ4n) is 3.66. The third-order valence-electron chi connectivity index (χ3n) is 5.35. The summed E-state index contributed by atoms with van der Waals surface area (Å²) in [5.41, 5.74) is 1.62. The highest BCUT2D eigenvalue weighted by atomic mass is 32.2. The van der Waals surface area contributed by atoms with Crippen LogP contribution >= 0.6 is 0 Å². The van der Waals surface area contributed by atoms with Crippen molar-refractivity contribution in [2.24, 2.45) is 0 Å². The van der Waals surface area contributed by atoms with Crippen LogP contribution < -0.4 is 4.90 Å². The number of hydrogen-bond acceptors (Lipinski definition) is 4. The standard InChI is InChI=1S/C19H30N4O3S/c1-20(2)18-9-7-8-17(16-18)19(24)21-12-14-23(15-13-21)27(25,26)22-10-5-3-4-6-11-22/h7-9,16H,3-6,10-15H2,1-2H3. The van der Waals surface area contributed by atoms with Crippen molar-refractivity contribution in [2.45, 2.75) is 25.7 Å². The highest BCUT2D eigenvalue weighted by Crippen LogP contribution is 2.20. The van der Waals surface area contributed by atoms with E-state index in [0.717, 1.165) is 31.4 Å². The number of anilines is 1. The lowest BCUT2D eigenvalue weighted by Gasteiger charge is -2.36. The van der Waals surface area contributed by atoms with E-state index in [0.29, 0.717) is 44.8 Å². The molecule has 3 rings (SSSR count). The summed E-state index contributed by atoms with van der Waals surface area (Å²) < 4.78 is 29.0. The Morgan fingerprint density at radius 1 is 0.889 bits per heavy atom. The van der Waals surface area contributed by atoms with E-state index in [9.17, 15) is 13.2 Å². The Labute approximate surface area is 162 Å². The molecule has 0 bridgehead atoms. The summed E-state index contributed by atoms with van der Waals surface area (Å²) in [6, 6.07) is 7.53. The summed E-state index contributed by atoms with van der Waals surface area (Å²) in [5.74, 6) is -0.0366. The highest BCUT2D eigenvalue weighted by Gasteiger charge is 2.33. The predicted molar refractivity (Wildman–Crippen MR) is 107 cm³/mol. The average Bonchev–Trinajstić information content (AvgIpc) is 2.98. The summed E-state index contributed by atoms with van der Waals surface area (Å²) in [7, 11) is 0.463. The minimum atomic E-state index is -3.42. The number of nitrogens with zero attached hydrogens (tertiary/aromatic N) is 4. The highest BCUT2D eigenvalue weighted by molar-refractivity contribution is 7.86. The van der Waals surface area contributed by atoms with E-state index < -0.39 is 10.2 Å². The number of amides is 1. The maximum atomic E-state index is 12.9. The second-order valence-corrected chi connectivity index (χ2v) is 9.39. The van der Waals surface area contributed by atoms with Gasteiger partial charge in [-0.2, -0.15) is 17.0 Å². The summed E-state index contributed by atoms with van der Waals surface area (Å²) in [5, 5.41) is 0. The molecule has 150 valence electrons. The first-order chi connectivity index (χ1) is 12.9. The van der Waals surface area contributed by atoms with E-state index in [-0.39, 0.29) is 5.91 Å². The third kappa shape index (κ3) is 4.62. The van der Waals surface area contributed by atoms with Crippen LogP contribution in [0.2, 0.25) is 0 Å². The van der Waals surface area contributed by atoms with Crippen LogP contribution in [0.15, 0.2) is 24.3 Å². The van der Waals surface area contributed by atoms with Crippen LogP contribution in [-0.2, 0) is 10.2 Å². The molecule has 1 amide bonds. The first-order valence-electron chi connectivity index (χ1n) is 9.71. The Hall–Kier alpha value is -1.64. The summed E-state index contributed by atoms with van der Waals surface area (Å²) >= 11 is 0. The van der Waals surface area contributed by atoms with Crippen molar-refractivity contribution in [3.8, 4) is 0 Å². The van der Waals surface area contributed by atoms with Gasteiger partial charge in [-0.15, -0.1) is 0 Å². The van der Waals surface area contributed by atoms with Crippen LogP contribution in [0.4, 0.5) is 5.69 Å². The number of benzene rings is 1. The normalized spacial score (nSPS) is 20.3. The Morgan fingerprint density at radius 3 is 2.07 bits per heavy atom. The number of piperazine rings is 1. The van der Waals surface area contributed by atoms with Gasteiger partial charge in [-0.05, 0) is 31.0 Å². The lowest BCUT2D eigenvalue weighted by molar-refractivity contribution is 0.0694. The van der Waals surface area contributed by atoms with Crippen LogP contribution in [0.1, 0.15) is 36.0 Å². The lowest BCUT2D eigenvalue weighted by Crippen LogP contribution is -2.54. The van der Waals surface area contributed by atoms with E-state index in [2.05, 4.69) is 0 Å². The molecule has 8 heteroatoms. The maximum Gasteiger partial charge on any atom is 0.282 e. The zero-order chi connectivity index (χ0) is 19.4. The van der Waals surface area contributed by atoms with Crippen molar-refractivity contribution in [3.63, 3.8) is 0 Å². The Kier molecular flexibility index (Phi) is 6.39. The Morgan fingerprint density at radius 2 is 1.48 bits per heavy atom. The zero-order valence-electron chi connectivity index (χ0n) is 16.3. The molecule has 27 heavy (non-hydrogen) atoms. The fraction of sp³-hybridized carbons (Fsp3) is 0.632. The Bertz CT molecular complexity index is 750. The van der Waals surface area contributed by atoms with E-state index >= 15 is 0 Å². The van der Waals surface area contributed by atoms with Gasteiger partial charge in [0.25, 0.3) is 16.1 Å². The van der Waals surface area contributed by atoms with Gasteiger partial charge in [-0.1, -0.05) is 18.9 Å². The van der Waals surface area contributed by atoms with Crippen molar-refractivity contribution < 1.29 is 13.2 Å². The molecule has 0 atom stereocenters. The molecule has 1 aromatic rings. The quantitative estimate of drug-likeness (QED) is 0.779. The molecule has 0 saturated carbocycles. The number of rotatable bonds is 4. The van der Waals surface area contributed by atoms with Gasteiger partial charge < -0.3 is 9.80 Å². The van der Waals surface area contributed by atoms with Crippen molar-refractivity contribution in [3.05, 3.63) is 29.8 Å². The first kappa shape index (κ1) is 20.1. The predicted octanol–water partition coefficient (Wildman–Crippen LogP) is 1.63. The molecular formula is C19H30N4O3S. The van der Waals surface area contributed by atoms with Gasteiger partial charge in [0.1, 0.15) is 0 Å². The van der Waals surface area contributed by atoms with Gasteiger partial charge >= 0.3 is 0 Å². The second kappa shape index (κ2) is 8.58. The van der Waals surface area contributed by atoms with E-state index in [1.165, 1.54) is 0 Å². The minimum absolute atomic E-state index is 0.0366. The van der Waals surface area contributed by atoms with Gasteiger partial charge in [-0.25, -0.2) is 0 Å². The number of carbonyl (C=O) groups excluding carboxylic acids is 1. The molecule has 1 aromatic carbocycles. The van der Waals surface area contributed by atoms with Crippen LogP contribution in [0.5, 0.6) is 0 Å². The maximum absolute atomic E-state index is 12.9. The van der Waals surface area contributed by atoms with Crippen LogP contribution in [0, 0.1) is 0 Å². The van der Waals surface area contributed by atoms with E-state index in [4.69, 9.17) is 0 Å². The smallest absolute Gasteiger partial charge is 0.282 e. The number of carbonyl (C=O) groups is 1. The molecule has 0 radical (unpaired) electrons. The molecule has 0 N–H and O–H groups in total. The van der Waals surface area contributed by atoms with Crippen LogP contribution in [0.25, 0.3) is 0 Å². The van der Waals surface area contributed by atoms with Gasteiger partial charge in [-0.3, -0.25) is 4.79 Å². The summed E-state index contributed by atoms with van der Waals surface area (Å²) in [4.78, 5) is 16.5. The number of hydrogen-bond donors (Lipinski definition) is 0. The lowest BCUT2D eigenvalue weighted by atomic mass is 10.1. The van der Waals surface area contributed by atoms with Crippen LogP contribution in [0.3, 0.4) is 0 Å². The van der Waals surface area contributed by atoms with E-state index in [1.54, 1.807) is 13.5 Å². The Balaban J connectivity index is 1.62. The molecule has 0 unspecified atom stereocenters. The fourth-order valence-corrected chi connectivity index (χ4v) is 5.33. The average molecular weight is 395 g/mol. The topological polar surface area (TPSA) is 64.2 Å². The van der Waals surface area contributed by atoms with Crippen molar-refractivity contribution in [1.29, 1.82) is 0 Å². The molecule has 2 aliphatic rings. The van der Waals surface area contributed by atoms with Crippen molar-refractivity contribution in [2.75, 3.05) is 58.3 Å². The SMILES string of the molecule is CN(C)c1cccc(C(=O)N2CCN(S(=O)(=O)N3CCCCCC3)CC2)c1. The second-order valence-electron chi connectivity index (χ2n) is 7.46. The first-order valence-corrected chi connectivity index (χ1v) is 11.1. The zero-order valence-corrected chi connectivity index (χ0v) is 17.1. The monoisotopic (exact) mass is 394 g/mol.